The second-order valence-electron chi connectivity index (χ2n) is 5.91. The van der Waals surface area contributed by atoms with Gasteiger partial charge < -0.3 is 5.73 Å². The maximum absolute atomic E-state index is 12.0. The summed E-state index contributed by atoms with van der Waals surface area (Å²) < 4.78 is 23.3. The molecule has 0 aliphatic heterocycles. The Labute approximate surface area is 106 Å². The number of likely N-dealkylation sites (N-methyl/N-ethyl adjacent to an activating group) is 1. The van der Waals surface area contributed by atoms with Gasteiger partial charge in [-0.15, -0.1) is 0 Å². The van der Waals surface area contributed by atoms with Crippen molar-refractivity contribution in [1.82, 2.24) is 4.90 Å². The molecule has 0 fully saturated rings. The number of nitrogens with zero attached hydrogens (tertiary/aromatic N) is 1. The molecular formula is C12H28N2O2S. The molecule has 4 nitrogen and oxygen atoms in total. The first-order valence-corrected chi connectivity index (χ1v) is 7.79. The summed E-state index contributed by atoms with van der Waals surface area (Å²) in [5.41, 5.74) is 5.63. The molecule has 17 heavy (non-hydrogen) atoms. The van der Waals surface area contributed by atoms with Crippen LogP contribution in [0.2, 0.25) is 0 Å². The van der Waals surface area contributed by atoms with Gasteiger partial charge in [0.05, 0.1) is 10.5 Å². The van der Waals surface area contributed by atoms with E-state index < -0.39 is 14.6 Å². The molecule has 0 saturated heterocycles. The maximum atomic E-state index is 12.0. The van der Waals surface area contributed by atoms with Crippen LogP contribution in [0.4, 0.5) is 0 Å². The van der Waals surface area contributed by atoms with Crippen molar-refractivity contribution >= 4 is 9.84 Å². The fourth-order valence-electron chi connectivity index (χ4n) is 1.40. The molecule has 0 saturated carbocycles. The van der Waals surface area contributed by atoms with Crippen LogP contribution in [-0.4, -0.2) is 49.5 Å². The largest absolute Gasteiger partial charge is 0.329 e. The van der Waals surface area contributed by atoms with Crippen LogP contribution >= 0.6 is 0 Å². The molecule has 0 aromatic rings. The minimum absolute atomic E-state index is 0.118. The van der Waals surface area contributed by atoms with Gasteiger partial charge in [0.2, 0.25) is 0 Å². The average Bonchev–Trinajstić information content (AvgIpc) is 2.23. The highest BCUT2D eigenvalue weighted by atomic mass is 32.2. The van der Waals surface area contributed by atoms with E-state index in [1.54, 1.807) is 20.8 Å². The molecule has 0 amide bonds. The summed E-state index contributed by atoms with van der Waals surface area (Å²) in [5, 5.41) is 0. The van der Waals surface area contributed by atoms with E-state index >= 15 is 0 Å². The van der Waals surface area contributed by atoms with Crippen LogP contribution in [0.15, 0.2) is 0 Å². The topological polar surface area (TPSA) is 63.4 Å². The van der Waals surface area contributed by atoms with Crippen LogP contribution in [-0.2, 0) is 9.84 Å². The predicted octanol–water partition coefficient (Wildman–Crippen LogP) is 1.26. The van der Waals surface area contributed by atoms with Crippen molar-refractivity contribution in [3.05, 3.63) is 0 Å². The third-order valence-electron chi connectivity index (χ3n) is 3.75. The Bertz CT molecular complexity index is 327. The first kappa shape index (κ1) is 16.9. The average molecular weight is 264 g/mol. The molecular weight excluding hydrogens is 236 g/mol. The molecule has 0 spiro atoms. The molecule has 5 heteroatoms. The zero-order valence-corrected chi connectivity index (χ0v) is 12.9. The van der Waals surface area contributed by atoms with E-state index in [9.17, 15) is 8.42 Å². The van der Waals surface area contributed by atoms with Gasteiger partial charge in [0.25, 0.3) is 0 Å². The second-order valence-corrected chi connectivity index (χ2v) is 8.77. The Morgan fingerprint density at radius 3 is 1.94 bits per heavy atom. The van der Waals surface area contributed by atoms with E-state index in [0.29, 0.717) is 13.1 Å². The van der Waals surface area contributed by atoms with Crippen molar-refractivity contribution < 1.29 is 8.42 Å². The summed E-state index contributed by atoms with van der Waals surface area (Å²) in [7, 11) is -1.11. The van der Waals surface area contributed by atoms with Gasteiger partial charge >= 0.3 is 0 Å². The Morgan fingerprint density at radius 1 is 1.18 bits per heavy atom. The molecule has 0 radical (unpaired) electrons. The Kier molecular flexibility index (Phi) is 5.63. The number of hydrogen-bond donors (Lipinski definition) is 1. The van der Waals surface area contributed by atoms with E-state index in [4.69, 9.17) is 5.73 Å². The van der Waals surface area contributed by atoms with Crippen LogP contribution in [0, 0.1) is 0 Å². The number of nitrogens with two attached hydrogens (primary N) is 1. The Balaban J connectivity index is 4.60. The second kappa shape index (κ2) is 5.67. The van der Waals surface area contributed by atoms with E-state index in [-0.39, 0.29) is 11.3 Å². The van der Waals surface area contributed by atoms with Crippen LogP contribution in [0.25, 0.3) is 0 Å². The van der Waals surface area contributed by atoms with Gasteiger partial charge in [0, 0.05) is 18.6 Å². The smallest absolute Gasteiger partial charge is 0.156 e. The zero-order valence-electron chi connectivity index (χ0n) is 12.1. The zero-order chi connectivity index (χ0) is 13.9. The number of sulfone groups is 1. The van der Waals surface area contributed by atoms with Crippen LogP contribution in [0.3, 0.4) is 0 Å². The maximum Gasteiger partial charge on any atom is 0.156 e. The molecule has 0 rings (SSSR count). The standard InChI is InChI=1S/C12H28N2O2S/c1-7-12(5,10-13)14(6)8-9-17(15,16)11(2,3)4/h7-10,13H2,1-6H3. The van der Waals surface area contributed by atoms with Crippen LogP contribution < -0.4 is 5.73 Å². The van der Waals surface area contributed by atoms with E-state index in [1.165, 1.54) is 0 Å². The van der Waals surface area contributed by atoms with E-state index in [2.05, 4.69) is 18.7 Å². The molecule has 0 heterocycles. The van der Waals surface area contributed by atoms with Crippen molar-refractivity contribution in [1.29, 1.82) is 0 Å². The lowest BCUT2D eigenvalue weighted by Crippen LogP contribution is -2.51. The molecule has 1 unspecified atom stereocenters. The first-order valence-electron chi connectivity index (χ1n) is 6.14. The van der Waals surface area contributed by atoms with Crippen molar-refractivity contribution in [3.8, 4) is 0 Å². The lowest BCUT2D eigenvalue weighted by atomic mass is 9.97. The summed E-state index contributed by atoms with van der Waals surface area (Å²) in [6.07, 6.45) is 0.912. The summed E-state index contributed by atoms with van der Waals surface area (Å²) >= 11 is 0. The summed E-state index contributed by atoms with van der Waals surface area (Å²) in [6, 6.07) is 0. The van der Waals surface area contributed by atoms with Gasteiger partial charge in [-0.3, -0.25) is 4.90 Å². The molecule has 0 aliphatic rings. The lowest BCUT2D eigenvalue weighted by Gasteiger charge is -2.37. The third kappa shape index (κ3) is 4.23. The monoisotopic (exact) mass is 264 g/mol. The quantitative estimate of drug-likeness (QED) is 0.784. The fourth-order valence-corrected chi connectivity index (χ4v) is 2.53. The van der Waals surface area contributed by atoms with Gasteiger partial charge in [-0.1, -0.05) is 6.92 Å². The van der Waals surface area contributed by atoms with Crippen molar-refractivity contribution in [2.24, 2.45) is 5.73 Å². The highest BCUT2D eigenvalue weighted by molar-refractivity contribution is 7.92. The van der Waals surface area contributed by atoms with Gasteiger partial charge in [-0.2, -0.15) is 0 Å². The van der Waals surface area contributed by atoms with Crippen molar-refractivity contribution in [2.45, 2.75) is 51.3 Å². The number of hydrogen-bond acceptors (Lipinski definition) is 4. The summed E-state index contributed by atoms with van der Waals surface area (Å²) in [6.45, 7) is 10.4. The Hall–Kier alpha value is -0.130. The van der Waals surface area contributed by atoms with Crippen LogP contribution in [0.1, 0.15) is 41.0 Å². The highest BCUT2D eigenvalue weighted by Gasteiger charge is 2.31. The summed E-state index contributed by atoms with van der Waals surface area (Å²) in [4.78, 5) is 2.05. The van der Waals surface area contributed by atoms with Gasteiger partial charge in [-0.05, 0) is 41.2 Å². The molecule has 0 aromatic carbocycles. The Morgan fingerprint density at radius 2 is 1.65 bits per heavy atom. The minimum atomic E-state index is -3.05. The predicted molar refractivity (Wildman–Crippen MR) is 73.9 cm³/mol. The van der Waals surface area contributed by atoms with Crippen molar-refractivity contribution in [2.75, 3.05) is 25.9 Å². The van der Waals surface area contributed by atoms with Gasteiger partial charge in [0.1, 0.15) is 0 Å². The molecule has 0 aliphatic carbocycles. The third-order valence-corrected chi connectivity index (χ3v) is 6.34. The molecule has 104 valence electrons. The SMILES string of the molecule is CCC(C)(CN)N(C)CCS(=O)(=O)C(C)(C)C. The molecule has 0 aromatic heterocycles. The van der Waals surface area contributed by atoms with Crippen molar-refractivity contribution in [3.63, 3.8) is 0 Å². The number of rotatable bonds is 6. The molecule has 0 bridgehead atoms. The minimum Gasteiger partial charge on any atom is -0.329 e. The molecule has 2 N–H and O–H groups in total. The van der Waals surface area contributed by atoms with E-state index in [0.717, 1.165) is 6.42 Å². The fraction of sp³-hybridized carbons (Fsp3) is 1.00. The highest BCUT2D eigenvalue weighted by Crippen LogP contribution is 2.19. The van der Waals surface area contributed by atoms with Crippen LogP contribution in [0.5, 0.6) is 0 Å². The van der Waals surface area contributed by atoms with Gasteiger partial charge in [-0.25, -0.2) is 8.42 Å². The normalized spacial score (nSPS) is 17.2. The molecule has 1 atom stereocenters. The first-order chi connectivity index (χ1) is 7.50. The van der Waals surface area contributed by atoms with E-state index in [1.807, 2.05) is 7.05 Å². The summed E-state index contributed by atoms with van der Waals surface area (Å²) in [5.74, 6) is 0.183. The lowest BCUT2D eigenvalue weighted by molar-refractivity contribution is 0.148. The van der Waals surface area contributed by atoms with Gasteiger partial charge in [0.15, 0.2) is 9.84 Å².